The van der Waals surface area contributed by atoms with Crippen molar-refractivity contribution >= 4 is 11.7 Å². The molecule has 3 N–H and O–H groups in total. The molecule has 9 nitrogen and oxygen atoms in total. The SMILES string of the molecule is CC(C)c1noc([C@@H](NC(=O)c2nccnc2N)C2CCOCC2)n1. The average Bonchev–Trinajstić information content (AvgIpc) is 3.11. The lowest BCUT2D eigenvalue weighted by Gasteiger charge is -2.28. The van der Waals surface area contributed by atoms with Gasteiger partial charge in [-0.3, -0.25) is 4.79 Å². The summed E-state index contributed by atoms with van der Waals surface area (Å²) in [5.74, 6) is 0.951. The van der Waals surface area contributed by atoms with Gasteiger partial charge in [0.25, 0.3) is 5.91 Å². The summed E-state index contributed by atoms with van der Waals surface area (Å²) in [7, 11) is 0. The number of anilines is 1. The maximum absolute atomic E-state index is 12.6. The largest absolute Gasteiger partial charge is 0.382 e. The second kappa shape index (κ2) is 7.56. The Morgan fingerprint density at radius 2 is 2.00 bits per heavy atom. The predicted molar refractivity (Wildman–Crippen MR) is 88.6 cm³/mol. The first-order valence-electron chi connectivity index (χ1n) is 8.35. The van der Waals surface area contributed by atoms with Crippen LogP contribution in [0, 0.1) is 5.92 Å². The van der Waals surface area contributed by atoms with Gasteiger partial charge < -0.3 is 20.3 Å². The van der Waals surface area contributed by atoms with Crippen molar-refractivity contribution in [2.45, 2.75) is 38.6 Å². The number of nitrogen functional groups attached to an aromatic ring is 1. The number of ether oxygens (including phenoxy) is 1. The van der Waals surface area contributed by atoms with E-state index in [1.165, 1.54) is 12.4 Å². The predicted octanol–water partition coefficient (Wildman–Crippen LogP) is 1.46. The Balaban J connectivity index is 1.85. The molecular formula is C16H22N6O3. The minimum Gasteiger partial charge on any atom is -0.382 e. The molecule has 1 aliphatic heterocycles. The number of carbonyl (C=O) groups excluding carboxylic acids is 1. The van der Waals surface area contributed by atoms with Gasteiger partial charge in [0, 0.05) is 31.5 Å². The molecule has 0 radical (unpaired) electrons. The second-order valence-electron chi connectivity index (χ2n) is 6.34. The van der Waals surface area contributed by atoms with Crippen LogP contribution in [0.1, 0.15) is 60.9 Å². The molecule has 9 heteroatoms. The maximum Gasteiger partial charge on any atom is 0.274 e. The highest BCUT2D eigenvalue weighted by atomic mass is 16.5. The van der Waals surface area contributed by atoms with Crippen LogP contribution in [0.2, 0.25) is 0 Å². The van der Waals surface area contributed by atoms with E-state index in [1.54, 1.807) is 0 Å². The number of aromatic nitrogens is 4. The Labute approximate surface area is 145 Å². The highest BCUT2D eigenvalue weighted by molar-refractivity contribution is 5.96. The van der Waals surface area contributed by atoms with E-state index in [4.69, 9.17) is 15.0 Å². The average molecular weight is 346 g/mol. The number of carbonyl (C=O) groups is 1. The van der Waals surface area contributed by atoms with Crippen molar-refractivity contribution in [3.05, 3.63) is 29.8 Å². The molecule has 3 rings (SSSR count). The van der Waals surface area contributed by atoms with Crippen LogP contribution in [-0.4, -0.2) is 39.2 Å². The van der Waals surface area contributed by atoms with Crippen molar-refractivity contribution < 1.29 is 14.1 Å². The van der Waals surface area contributed by atoms with Crippen LogP contribution in [0.15, 0.2) is 16.9 Å². The van der Waals surface area contributed by atoms with Crippen molar-refractivity contribution in [2.24, 2.45) is 5.92 Å². The summed E-state index contributed by atoms with van der Waals surface area (Å²) >= 11 is 0. The van der Waals surface area contributed by atoms with Crippen LogP contribution in [0.4, 0.5) is 5.82 Å². The monoisotopic (exact) mass is 346 g/mol. The van der Waals surface area contributed by atoms with Gasteiger partial charge in [-0.15, -0.1) is 0 Å². The molecule has 0 spiro atoms. The molecule has 0 aliphatic carbocycles. The molecule has 0 bridgehead atoms. The van der Waals surface area contributed by atoms with E-state index in [2.05, 4.69) is 25.4 Å². The van der Waals surface area contributed by atoms with E-state index in [-0.39, 0.29) is 23.3 Å². The Morgan fingerprint density at radius 3 is 2.64 bits per heavy atom. The molecule has 2 aromatic heterocycles. The van der Waals surface area contributed by atoms with E-state index in [0.717, 1.165) is 12.8 Å². The fourth-order valence-electron chi connectivity index (χ4n) is 2.77. The van der Waals surface area contributed by atoms with Gasteiger partial charge >= 0.3 is 0 Å². The quantitative estimate of drug-likeness (QED) is 0.832. The molecule has 1 amide bonds. The van der Waals surface area contributed by atoms with E-state index in [1.807, 2.05) is 13.8 Å². The Kier molecular flexibility index (Phi) is 5.22. The van der Waals surface area contributed by atoms with Crippen LogP contribution in [0.3, 0.4) is 0 Å². The molecule has 0 unspecified atom stereocenters. The minimum absolute atomic E-state index is 0.0825. The summed E-state index contributed by atoms with van der Waals surface area (Å²) in [6.07, 6.45) is 4.45. The fourth-order valence-corrected chi connectivity index (χ4v) is 2.77. The molecule has 1 aliphatic rings. The molecular weight excluding hydrogens is 324 g/mol. The normalized spacial score (nSPS) is 16.8. The lowest BCUT2D eigenvalue weighted by molar-refractivity contribution is 0.0467. The zero-order valence-electron chi connectivity index (χ0n) is 14.3. The van der Waals surface area contributed by atoms with Gasteiger partial charge in [-0.05, 0) is 18.8 Å². The number of rotatable bonds is 5. The van der Waals surface area contributed by atoms with Crippen molar-refractivity contribution in [1.82, 2.24) is 25.4 Å². The lowest BCUT2D eigenvalue weighted by atomic mass is 9.91. The first-order chi connectivity index (χ1) is 12.1. The smallest absolute Gasteiger partial charge is 0.274 e. The fraction of sp³-hybridized carbons (Fsp3) is 0.562. The number of nitrogens with two attached hydrogens (primary N) is 1. The first kappa shape index (κ1) is 17.3. The maximum atomic E-state index is 12.6. The summed E-state index contributed by atoms with van der Waals surface area (Å²) < 4.78 is 10.8. The van der Waals surface area contributed by atoms with Crippen LogP contribution >= 0.6 is 0 Å². The highest BCUT2D eigenvalue weighted by Crippen LogP contribution is 2.30. The zero-order valence-corrected chi connectivity index (χ0v) is 14.3. The summed E-state index contributed by atoms with van der Waals surface area (Å²) in [4.78, 5) is 25.0. The van der Waals surface area contributed by atoms with Crippen molar-refractivity contribution in [1.29, 1.82) is 0 Å². The number of hydrogen-bond donors (Lipinski definition) is 2. The van der Waals surface area contributed by atoms with Gasteiger partial charge in [-0.25, -0.2) is 9.97 Å². The summed E-state index contributed by atoms with van der Waals surface area (Å²) in [5, 5.41) is 6.95. The Hall–Kier alpha value is -2.55. The molecule has 2 aromatic rings. The minimum atomic E-state index is -0.419. The molecule has 3 heterocycles. The van der Waals surface area contributed by atoms with Gasteiger partial charge in [0.05, 0.1) is 0 Å². The van der Waals surface area contributed by atoms with E-state index in [9.17, 15) is 4.79 Å². The van der Waals surface area contributed by atoms with Gasteiger partial charge in [0.2, 0.25) is 5.89 Å². The van der Waals surface area contributed by atoms with Crippen LogP contribution in [0.25, 0.3) is 0 Å². The number of amides is 1. The summed E-state index contributed by atoms with van der Waals surface area (Å²) in [6, 6.07) is -0.419. The van der Waals surface area contributed by atoms with Gasteiger partial charge in [0.15, 0.2) is 17.3 Å². The molecule has 1 fully saturated rings. The van der Waals surface area contributed by atoms with Crippen LogP contribution in [-0.2, 0) is 4.74 Å². The van der Waals surface area contributed by atoms with Crippen LogP contribution in [0.5, 0.6) is 0 Å². The molecule has 134 valence electrons. The number of nitrogens with zero attached hydrogens (tertiary/aromatic N) is 4. The molecule has 25 heavy (non-hydrogen) atoms. The van der Waals surface area contributed by atoms with Crippen molar-refractivity contribution in [3.8, 4) is 0 Å². The second-order valence-corrected chi connectivity index (χ2v) is 6.34. The van der Waals surface area contributed by atoms with Gasteiger partial charge in [-0.1, -0.05) is 19.0 Å². The lowest BCUT2D eigenvalue weighted by Crippen LogP contribution is -2.37. The number of nitrogens with one attached hydrogen (secondary N) is 1. The Morgan fingerprint density at radius 1 is 1.28 bits per heavy atom. The van der Waals surface area contributed by atoms with Gasteiger partial charge in [0.1, 0.15) is 6.04 Å². The van der Waals surface area contributed by atoms with E-state index >= 15 is 0 Å². The summed E-state index contributed by atoms with van der Waals surface area (Å²) in [5.41, 5.74) is 5.84. The van der Waals surface area contributed by atoms with E-state index < -0.39 is 11.9 Å². The molecule has 0 saturated carbocycles. The van der Waals surface area contributed by atoms with Gasteiger partial charge in [-0.2, -0.15) is 4.98 Å². The summed E-state index contributed by atoms with van der Waals surface area (Å²) in [6.45, 7) is 5.23. The zero-order chi connectivity index (χ0) is 17.8. The molecule has 1 atom stereocenters. The third-order valence-electron chi connectivity index (χ3n) is 4.21. The first-order valence-corrected chi connectivity index (χ1v) is 8.35. The molecule has 0 aromatic carbocycles. The van der Waals surface area contributed by atoms with Crippen molar-refractivity contribution in [2.75, 3.05) is 18.9 Å². The van der Waals surface area contributed by atoms with E-state index in [0.29, 0.717) is 24.9 Å². The highest BCUT2D eigenvalue weighted by Gasteiger charge is 2.32. The van der Waals surface area contributed by atoms with Crippen molar-refractivity contribution in [3.63, 3.8) is 0 Å². The standard InChI is InChI=1S/C16H22N6O3/c1-9(2)14-21-16(25-22-14)11(10-3-7-24-8-4-10)20-15(23)12-13(17)19-6-5-18-12/h5-6,9-11H,3-4,7-8H2,1-2H3,(H2,17,19)(H,20,23)/t11-/m0/s1. The van der Waals surface area contributed by atoms with Crippen LogP contribution < -0.4 is 11.1 Å². The topological polar surface area (TPSA) is 129 Å². The third-order valence-corrected chi connectivity index (χ3v) is 4.21. The number of hydrogen-bond acceptors (Lipinski definition) is 8. The molecule has 1 saturated heterocycles. The Bertz CT molecular complexity index is 726. The third kappa shape index (κ3) is 3.93.